The molecule has 1 aromatic heterocycles. The van der Waals surface area contributed by atoms with Crippen LogP contribution >= 0.6 is 0 Å². The molecule has 0 aliphatic heterocycles. The van der Waals surface area contributed by atoms with Crippen LogP contribution in [0.5, 0.6) is 0 Å². The van der Waals surface area contributed by atoms with Gasteiger partial charge in [0.1, 0.15) is 23.4 Å². The number of carbonyl (C=O) groups excluding carboxylic acids is 2. The van der Waals surface area contributed by atoms with E-state index in [9.17, 15) is 14.0 Å². The van der Waals surface area contributed by atoms with Crippen molar-refractivity contribution in [1.82, 2.24) is 9.97 Å². The summed E-state index contributed by atoms with van der Waals surface area (Å²) >= 11 is 0. The summed E-state index contributed by atoms with van der Waals surface area (Å²) in [5, 5.41) is 2.68. The minimum absolute atomic E-state index is 0.0106. The molecule has 6 nitrogen and oxygen atoms in total. The fraction of sp³-hybridized carbons (Fsp3) is 0.111. The second-order valence-corrected chi connectivity index (χ2v) is 8.03. The van der Waals surface area contributed by atoms with Crippen molar-refractivity contribution in [2.24, 2.45) is 0 Å². The van der Waals surface area contributed by atoms with E-state index in [2.05, 4.69) is 15.3 Å². The number of aryl methyl sites for hydroxylation is 2. The molecule has 0 saturated heterocycles. The lowest BCUT2D eigenvalue weighted by Crippen LogP contribution is -2.42. The average Bonchev–Trinajstić information content (AvgIpc) is 2.84. The Morgan fingerprint density at radius 2 is 1.60 bits per heavy atom. The molecule has 1 unspecified atom stereocenters. The van der Waals surface area contributed by atoms with Crippen molar-refractivity contribution >= 4 is 23.2 Å². The molecule has 1 heterocycles. The van der Waals surface area contributed by atoms with Crippen LogP contribution in [0.4, 0.5) is 20.2 Å². The predicted octanol–water partition coefficient (Wildman–Crippen LogP) is 5.40. The number of amides is 2. The van der Waals surface area contributed by atoms with Crippen LogP contribution < -0.4 is 10.2 Å². The first-order valence-electron chi connectivity index (χ1n) is 10.8. The van der Waals surface area contributed by atoms with E-state index in [0.717, 1.165) is 11.1 Å². The number of aromatic nitrogens is 2. The molecule has 3 aromatic carbocycles. The summed E-state index contributed by atoms with van der Waals surface area (Å²) in [7, 11) is 0. The topological polar surface area (TPSA) is 75.2 Å². The van der Waals surface area contributed by atoms with Crippen molar-refractivity contribution in [2.75, 3.05) is 10.2 Å². The van der Waals surface area contributed by atoms with Crippen LogP contribution in [-0.4, -0.2) is 21.8 Å². The number of nitrogens with one attached hydrogen (secondary N) is 1. The van der Waals surface area contributed by atoms with E-state index < -0.39 is 29.5 Å². The molecule has 2 amide bonds. The minimum atomic E-state index is -1.41. The summed E-state index contributed by atoms with van der Waals surface area (Å²) in [6.07, 6.45) is 4.07. The van der Waals surface area contributed by atoms with E-state index in [-0.39, 0.29) is 11.3 Å². The van der Waals surface area contributed by atoms with E-state index in [1.807, 2.05) is 19.9 Å². The van der Waals surface area contributed by atoms with Gasteiger partial charge in [-0.05, 0) is 67.4 Å². The van der Waals surface area contributed by atoms with Crippen LogP contribution in [-0.2, 0) is 4.79 Å². The Morgan fingerprint density at radius 3 is 2.23 bits per heavy atom. The molecule has 0 spiro atoms. The molecule has 0 bridgehead atoms. The van der Waals surface area contributed by atoms with E-state index in [4.69, 9.17) is 0 Å². The summed E-state index contributed by atoms with van der Waals surface area (Å²) in [6, 6.07) is 14.9. The zero-order valence-corrected chi connectivity index (χ0v) is 19.1. The van der Waals surface area contributed by atoms with Crippen molar-refractivity contribution < 1.29 is 18.4 Å². The third kappa shape index (κ3) is 5.38. The van der Waals surface area contributed by atoms with E-state index >= 15 is 4.39 Å². The van der Waals surface area contributed by atoms with Gasteiger partial charge < -0.3 is 5.32 Å². The molecule has 0 radical (unpaired) electrons. The normalized spacial score (nSPS) is 11.5. The Balaban J connectivity index is 1.89. The highest BCUT2D eigenvalue weighted by Gasteiger charge is 2.36. The SMILES string of the molecule is Cc1cc(C)cc(N(C(=O)c2cnccn2)C(C(=O)Nc2ccc(F)cc2)c2ccccc2F)c1. The molecule has 176 valence electrons. The summed E-state index contributed by atoms with van der Waals surface area (Å²) in [5.41, 5.74) is 2.36. The Labute approximate surface area is 201 Å². The zero-order chi connectivity index (χ0) is 24.9. The fourth-order valence-electron chi connectivity index (χ4n) is 3.84. The number of halogens is 2. The maximum absolute atomic E-state index is 15.1. The second-order valence-electron chi connectivity index (χ2n) is 8.03. The smallest absolute Gasteiger partial charge is 0.279 e. The van der Waals surface area contributed by atoms with Crippen LogP contribution in [0.3, 0.4) is 0 Å². The fourth-order valence-corrected chi connectivity index (χ4v) is 3.84. The lowest BCUT2D eigenvalue weighted by Gasteiger charge is -2.32. The molecule has 4 rings (SSSR count). The van der Waals surface area contributed by atoms with Gasteiger partial charge in [0, 0.05) is 29.3 Å². The van der Waals surface area contributed by atoms with E-state index in [0.29, 0.717) is 11.4 Å². The molecule has 8 heteroatoms. The predicted molar refractivity (Wildman–Crippen MR) is 129 cm³/mol. The van der Waals surface area contributed by atoms with Gasteiger partial charge in [-0.15, -0.1) is 0 Å². The largest absolute Gasteiger partial charge is 0.324 e. The van der Waals surface area contributed by atoms with Crippen LogP contribution in [0.2, 0.25) is 0 Å². The molecule has 4 aromatic rings. The molecule has 1 atom stereocenters. The van der Waals surface area contributed by atoms with Crippen molar-refractivity contribution in [2.45, 2.75) is 19.9 Å². The minimum Gasteiger partial charge on any atom is -0.324 e. The summed E-state index contributed by atoms with van der Waals surface area (Å²) < 4.78 is 28.5. The molecule has 0 saturated carbocycles. The van der Waals surface area contributed by atoms with Crippen LogP contribution in [0.15, 0.2) is 85.3 Å². The van der Waals surface area contributed by atoms with Gasteiger partial charge in [0.05, 0.1) is 6.20 Å². The highest BCUT2D eigenvalue weighted by Crippen LogP contribution is 2.33. The first-order chi connectivity index (χ1) is 16.8. The van der Waals surface area contributed by atoms with Crippen LogP contribution in [0, 0.1) is 25.5 Å². The quantitative estimate of drug-likeness (QED) is 0.408. The Hall–Kier alpha value is -4.46. The Morgan fingerprint density at radius 1 is 0.914 bits per heavy atom. The number of hydrogen-bond donors (Lipinski definition) is 1. The van der Waals surface area contributed by atoms with Gasteiger partial charge in [-0.2, -0.15) is 0 Å². The highest BCUT2D eigenvalue weighted by atomic mass is 19.1. The monoisotopic (exact) mass is 472 g/mol. The Kier molecular flexibility index (Phi) is 6.91. The van der Waals surface area contributed by atoms with Gasteiger partial charge in [-0.3, -0.25) is 19.5 Å². The first-order valence-corrected chi connectivity index (χ1v) is 10.8. The molecule has 0 fully saturated rings. The van der Waals surface area contributed by atoms with E-state index in [1.54, 1.807) is 18.2 Å². The summed E-state index contributed by atoms with van der Waals surface area (Å²) in [4.78, 5) is 36.7. The van der Waals surface area contributed by atoms with Crippen LogP contribution in [0.1, 0.15) is 33.2 Å². The second kappa shape index (κ2) is 10.2. The molecular weight excluding hydrogens is 450 g/mol. The number of anilines is 2. The Bertz CT molecular complexity index is 1340. The lowest BCUT2D eigenvalue weighted by molar-refractivity contribution is -0.117. The third-order valence-corrected chi connectivity index (χ3v) is 5.30. The van der Waals surface area contributed by atoms with Gasteiger partial charge in [0.25, 0.3) is 11.8 Å². The maximum atomic E-state index is 15.1. The summed E-state index contributed by atoms with van der Waals surface area (Å²) in [5.74, 6) is -2.44. The number of rotatable bonds is 6. The molecular formula is C27H22F2N4O2. The van der Waals surface area contributed by atoms with Crippen molar-refractivity contribution in [1.29, 1.82) is 0 Å². The number of carbonyl (C=O) groups is 2. The molecule has 1 N–H and O–H groups in total. The van der Waals surface area contributed by atoms with Crippen LogP contribution in [0.25, 0.3) is 0 Å². The number of benzene rings is 3. The average molecular weight is 472 g/mol. The zero-order valence-electron chi connectivity index (χ0n) is 19.1. The number of hydrogen-bond acceptors (Lipinski definition) is 4. The highest BCUT2D eigenvalue weighted by molar-refractivity contribution is 6.11. The van der Waals surface area contributed by atoms with Gasteiger partial charge in [-0.1, -0.05) is 24.3 Å². The van der Waals surface area contributed by atoms with Gasteiger partial charge >= 0.3 is 0 Å². The van der Waals surface area contributed by atoms with Crippen molar-refractivity contribution in [3.05, 3.63) is 119 Å². The van der Waals surface area contributed by atoms with E-state index in [1.165, 1.54) is 66.0 Å². The third-order valence-electron chi connectivity index (χ3n) is 5.30. The van der Waals surface area contributed by atoms with Crippen molar-refractivity contribution in [3.63, 3.8) is 0 Å². The van der Waals surface area contributed by atoms with Gasteiger partial charge in [0.15, 0.2) is 0 Å². The van der Waals surface area contributed by atoms with Gasteiger partial charge in [0.2, 0.25) is 0 Å². The van der Waals surface area contributed by atoms with Gasteiger partial charge in [-0.25, -0.2) is 13.8 Å². The molecule has 0 aliphatic rings. The molecule has 0 aliphatic carbocycles. The van der Waals surface area contributed by atoms with Crippen molar-refractivity contribution in [3.8, 4) is 0 Å². The maximum Gasteiger partial charge on any atom is 0.279 e. The summed E-state index contributed by atoms with van der Waals surface area (Å²) in [6.45, 7) is 3.72. The standard InChI is InChI=1S/C27H22F2N4O2/c1-17-13-18(2)15-21(14-17)33(27(35)24-16-30-11-12-31-24)25(22-5-3-4-6-23(22)29)26(34)32-20-9-7-19(28)8-10-20/h3-16,25H,1-2H3,(H,32,34). The first kappa shape index (κ1) is 23.7. The number of nitrogens with zero attached hydrogens (tertiary/aromatic N) is 3. The lowest BCUT2D eigenvalue weighted by atomic mass is 10.0. The molecule has 35 heavy (non-hydrogen) atoms.